The van der Waals surface area contributed by atoms with Crippen molar-refractivity contribution in [3.05, 3.63) is 59.7 Å². The van der Waals surface area contributed by atoms with Gasteiger partial charge >= 0.3 is 0 Å². The van der Waals surface area contributed by atoms with Gasteiger partial charge in [0.1, 0.15) is 0 Å². The molecular formula is C19H22N2O. The van der Waals surface area contributed by atoms with E-state index in [1.807, 2.05) is 24.3 Å². The van der Waals surface area contributed by atoms with E-state index in [1.54, 1.807) is 0 Å². The van der Waals surface area contributed by atoms with Crippen LogP contribution in [0.3, 0.4) is 0 Å². The van der Waals surface area contributed by atoms with E-state index >= 15 is 0 Å². The lowest BCUT2D eigenvalue weighted by atomic mass is 10.0. The van der Waals surface area contributed by atoms with Crippen LogP contribution in [0.1, 0.15) is 24.5 Å². The monoisotopic (exact) mass is 294 g/mol. The van der Waals surface area contributed by atoms with Gasteiger partial charge in [0.05, 0.1) is 6.54 Å². The number of aryl methyl sites for hydroxylation is 2. The number of rotatable bonds is 4. The molecular weight excluding hydrogens is 272 g/mol. The second-order valence-electron chi connectivity index (χ2n) is 5.71. The molecule has 2 aromatic carbocycles. The van der Waals surface area contributed by atoms with E-state index in [2.05, 4.69) is 41.4 Å². The first-order valence-electron chi connectivity index (χ1n) is 7.98. The average molecular weight is 294 g/mol. The molecule has 1 amide bonds. The number of hydrogen-bond donors (Lipinski definition) is 1. The third kappa shape index (κ3) is 3.14. The van der Waals surface area contributed by atoms with Crippen molar-refractivity contribution in [3.63, 3.8) is 0 Å². The van der Waals surface area contributed by atoms with E-state index in [0.717, 1.165) is 31.5 Å². The summed E-state index contributed by atoms with van der Waals surface area (Å²) in [4.78, 5) is 14.6. The van der Waals surface area contributed by atoms with Gasteiger partial charge in [-0.05, 0) is 42.5 Å². The minimum atomic E-state index is 0.0533. The molecule has 0 aromatic heterocycles. The molecule has 0 fully saturated rings. The summed E-state index contributed by atoms with van der Waals surface area (Å²) < 4.78 is 0. The average Bonchev–Trinajstić information content (AvgIpc) is 2.55. The van der Waals surface area contributed by atoms with Crippen LogP contribution in [0, 0.1) is 0 Å². The van der Waals surface area contributed by atoms with E-state index in [-0.39, 0.29) is 5.91 Å². The van der Waals surface area contributed by atoms with E-state index < -0.39 is 0 Å². The highest BCUT2D eigenvalue weighted by atomic mass is 16.2. The summed E-state index contributed by atoms with van der Waals surface area (Å²) in [7, 11) is 0. The molecule has 1 heterocycles. The fraction of sp³-hybridized carbons (Fsp3) is 0.316. The topological polar surface area (TPSA) is 32.3 Å². The fourth-order valence-electron chi connectivity index (χ4n) is 3.09. The Hall–Kier alpha value is -2.29. The third-order valence-electron chi connectivity index (χ3n) is 4.21. The number of anilines is 2. The van der Waals surface area contributed by atoms with Crippen LogP contribution in [-0.4, -0.2) is 19.0 Å². The van der Waals surface area contributed by atoms with Crippen LogP contribution in [-0.2, 0) is 17.6 Å². The molecule has 1 aliphatic rings. The molecule has 0 bridgehead atoms. The van der Waals surface area contributed by atoms with Crippen LogP contribution in [0.25, 0.3) is 0 Å². The number of nitrogens with zero attached hydrogens (tertiary/aromatic N) is 1. The van der Waals surface area contributed by atoms with Crippen LogP contribution in [0.4, 0.5) is 11.4 Å². The van der Waals surface area contributed by atoms with Crippen molar-refractivity contribution in [2.75, 3.05) is 23.3 Å². The predicted octanol–water partition coefficient (Wildman–Crippen LogP) is 3.64. The van der Waals surface area contributed by atoms with Crippen molar-refractivity contribution in [1.82, 2.24) is 0 Å². The van der Waals surface area contributed by atoms with Gasteiger partial charge in [0, 0.05) is 17.9 Å². The lowest BCUT2D eigenvalue weighted by Crippen LogP contribution is -2.36. The third-order valence-corrected chi connectivity index (χ3v) is 4.21. The molecule has 0 radical (unpaired) electrons. The Kier molecular flexibility index (Phi) is 4.42. The minimum absolute atomic E-state index is 0.0533. The van der Waals surface area contributed by atoms with Crippen molar-refractivity contribution in [3.8, 4) is 0 Å². The maximum Gasteiger partial charge on any atom is 0.243 e. The molecule has 0 atom stereocenters. The fourth-order valence-corrected chi connectivity index (χ4v) is 3.09. The maximum absolute atomic E-state index is 12.4. The number of para-hydroxylation sites is 2. The zero-order chi connectivity index (χ0) is 15.4. The highest BCUT2D eigenvalue weighted by molar-refractivity contribution is 5.95. The van der Waals surface area contributed by atoms with Gasteiger partial charge in [0.15, 0.2) is 0 Å². The molecule has 0 aliphatic carbocycles. The van der Waals surface area contributed by atoms with Crippen LogP contribution >= 0.6 is 0 Å². The van der Waals surface area contributed by atoms with E-state index in [9.17, 15) is 4.79 Å². The van der Waals surface area contributed by atoms with Crippen LogP contribution in [0.2, 0.25) is 0 Å². The molecule has 3 heteroatoms. The number of nitrogens with one attached hydrogen (secondary N) is 1. The van der Waals surface area contributed by atoms with Crippen molar-refractivity contribution in [1.29, 1.82) is 0 Å². The zero-order valence-corrected chi connectivity index (χ0v) is 13.0. The molecule has 3 nitrogen and oxygen atoms in total. The van der Waals surface area contributed by atoms with Gasteiger partial charge in [-0.3, -0.25) is 4.79 Å². The summed E-state index contributed by atoms with van der Waals surface area (Å²) in [6.07, 6.45) is 3.13. The molecule has 0 saturated carbocycles. The van der Waals surface area contributed by atoms with Crippen molar-refractivity contribution in [2.24, 2.45) is 0 Å². The number of hydrogen-bond acceptors (Lipinski definition) is 2. The molecule has 1 N–H and O–H groups in total. The second-order valence-corrected chi connectivity index (χ2v) is 5.71. The Labute approximate surface area is 132 Å². The van der Waals surface area contributed by atoms with Crippen molar-refractivity contribution >= 4 is 17.3 Å². The van der Waals surface area contributed by atoms with Gasteiger partial charge in [-0.15, -0.1) is 0 Å². The van der Waals surface area contributed by atoms with E-state index in [0.29, 0.717) is 6.54 Å². The van der Waals surface area contributed by atoms with Gasteiger partial charge in [-0.2, -0.15) is 0 Å². The molecule has 114 valence electrons. The first kappa shape index (κ1) is 14.6. The van der Waals surface area contributed by atoms with Gasteiger partial charge in [-0.1, -0.05) is 43.3 Å². The van der Waals surface area contributed by atoms with E-state index in [1.165, 1.54) is 16.8 Å². The zero-order valence-electron chi connectivity index (χ0n) is 13.0. The maximum atomic E-state index is 12.4. The molecule has 0 saturated heterocycles. The summed E-state index contributed by atoms with van der Waals surface area (Å²) >= 11 is 0. The van der Waals surface area contributed by atoms with Crippen molar-refractivity contribution < 1.29 is 4.79 Å². The Morgan fingerprint density at radius 3 is 2.77 bits per heavy atom. The molecule has 3 rings (SSSR count). The lowest BCUT2D eigenvalue weighted by molar-refractivity contribution is -0.115. The normalized spacial score (nSPS) is 13.6. The number of carbonyl (C=O) groups is 1. The molecule has 22 heavy (non-hydrogen) atoms. The number of fused-ring (bicyclic) bond motifs is 1. The molecule has 0 unspecified atom stereocenters. The summed E-state index contributed by atoms with van der Waals surface area (Å²) in [6.45, 7) is 3.46. The second kappa shape index (κ2) is 6.65. The minimum Gasteiger partial charge on any atom is -0.362 e. The SMILES string of the molecule is CCc1ccccc1NC(=O)CN1CCCc2ccccc21. The van der Waals surface area contributed by atoms with Crippen LogP contribution < -0.4 is 10.2 Å². The quantitative estimate of drug-likeness (QED) is 0.933. The van der Waals surface area contributed by atoms with E-state index in [4.69, 9.17) is 0 Å². The molecule has 2 aromatic rings. The van der Waals surface area contributed by atoms with Crippen molar-refractivity contribution in [2.45, 2.75) is 26.2 Å². The Morgan fingerprint density at radius 1 is 1.14 bits per heavy atom. The summed E-state index contributed by atoms with van der Waals surface area (Å²) in [5.41, 5.74) is 4.65. The van der Waals surface area contributed by atoms with Gasteiger partial charge in [0.2, 0.25) is 5.91 Å². The highest BCUT2D eigenvalue weighted by Crippen LogP contribution is 2.26. The van der Waals surface area contributed by atoms with Gasteiger partial charge in [-0.25, -0.2) is 0 Å². The summed E-state index contributed by atoms with van der Waals surface area (Å²) in [5, 5.41) is 3.06. The number of benzene rings is 2. The Balaban J connectivity index is 1.70. The first-order chi connectivity index (χ1) is 10.8. The smallest absolute Gasteiger partial charge is 0.243 e. The van der Waals surface area contributed by atoms with Crippen LogP contribution in [0.15, 0.2) is 48.5 Å². The number of amides is 1. The largest absolute Gasteiger partial charge is 0.362 e. The first-order valence-corrected chi connectivity index (χ1v) is 7.98. The standard InChI is InChI=1S/C19H22N2O/c1-2-15-8-3-5-11-17(15)20-19(22)14-21-13-7-10-16-9-4-6-12-18(16)21/h3-6,8-9,11-12H,2,7,10,13-14H2,1H3,(H,20,22). The Bertz CT molecular complexity index is 666. The van der Waals surface area contributed by atoms with Gasteiger partial charge < -0.3 is 10.2 Å². The summed E-state index contributed by atoms with van der Waals surface area (Å²) in [5.74, 6) is 0.0533. The predicted molar refractivity (Wildman–Crippen MR) is 91.4 cm³/mol. The lowest BCUT2D eigenvalue weighted by Gasteiger charge is -2.30. The van der Waals surface area contributed by atoms with Gasteiger partial charge in [0.25, 0.3) is 0 Å². The highest BCUT2D eigenvalue weighted by Gasteiger charge is 2.18. The number of carbonyl (C=O) groups excluding carboxylic acids is 1. The summed E-state index contributed by atoms with van der Waals surface area (Å²) in [6, 6.07) is 16.4. The van der Waals surface area contributed by atoms with Crippen LogP contribution in [0.5, 0.6) is 0 Å². The molecule has 0 spiro atoms. The molecule has 1 aliphatic heterocycles. The Morgan fingerprint density at radius 2 is 1.91 bits per heavy atom.